The number of carbonyl (C=O) groups is 2. The molecule has 1 amide bonds. The highest BCUT2D eigenvalue weighted by Crippen LogP contribution is 2.28. The van der Waals surface area contributed by atoms with E-state index >= 15 is 0 Å². The van der Waals surface area contributed by atoms with Crippen LogP contribution in [-0.2, 0) is 14.3 Å². The van der Waals surface area contributed by atoms with Crippen LogP contribution < -0.4 is 5.32 Å². The first-order valence-electron chi connectivity index (χ1n) is 8.38. The van der Waals surface area contributed by atoms with Crippen LogP contribution in [-0.4, -0.2) is 18.5 Å². The first-order valence-corrected chi connectivity index (χ1v) is 8.38. The molecule has 1 N–H and O–H groups in total. The number of hydrogen-bond acceptors (Lipinski definition) is 3. The molecule has 0 aliphatic carbocycles. The topological polar surface area (TPSA) is 55.4 Å². The van der Waals surface area contributed by atoms with E-state index in [1.807, 2.05) is 44.2 Å². The molecule has 0 spiro atoms. The minimum absolute atomic E-state index is 0.0219. The van der Waals surface area contributed by atoms with E-state index in [4.69, 9.17) is 4.74 Å². The lowest BCUT2D eigenvalue weighted by Crippen LogP contribution is -2.27. The highest BCUT2D eigenvalue weighted by Gasteiger charge is 2.27. The van der Waals surface area contributed by atoms with Crippen molar-refractivity contribution in [1.82, 2.24) is 0 Å². The van der Waals surface area contributed by atoms with E-state index in [1.54, 1.807) is 0 Å². The maximum Gasteiger partial charge on any atom is 0.314 e. The van der Waals surface area contributed by atoms with E-state index in [1.165, 1.54) is 0 Å². The lowest BCUT2D eigenvalue weighted by atomic mass is 9.86. The third kappa shape index (κ3) is 5.12. The van der Waals surface area contributed by atoms with Crippen molar-refractivity contribution in [2.75, 3.05) is 11.9 Å². The molecular formula is C20H21F2NO3. The van der Waals surface area contributed by atoms with Gasteiger partial charge < -0.3 is 10.1 Å². The van der Waals surface area contributed by atoms with Crippen molar-refractivity contribution >= 4 is 17.6 Å². The fraction of sp³-hybridized carbons (Fsp3) is 0.300. The molecule has 0 aliphatic rings. The molecule has 0 heterocycles. The fourth-order valence-corrected chi connectivity index (χ4v) is 2.60. The molecule has 26 heavy (non-hydrogen) atoms. The number of amides is 1. The summed E-state index contributed by atoms with van der Waals surface area (Å²) in [6.45, 7) is 3.32. The van der Waals surface area contributed by atoms with Crippen LogP contribution in [0.2, 0.25) is 0 Å². The number of ether oxygens (including phenoxy) is 1. The molecule has 2 atom stereocenters. The Bertz CT molecular complexity index is 765. The van der Waals surface area contributed by atoms with Gasteiger partial charge in [-0.2, -0.15) is 0 Å². The van der Waals surface area contributed by atoms with E-state index in [-0.39, 0.29) is 11.6 Å². The van der Waals surface area contributed by atoms with Gasteiger partial charge in [0.1, 0.15) is 11.6 Å². The monoisotopic (exact) mass is 361 g/mol. The summed E-state index contributed by atoms with van der Waals surface area (Å²) in [6, 6.07) is 11.9. The Balaban J connectivity index is 2.01. The Morgan fingerprint density at radius 2 is 1.81 bits per heavy atom. The molecule has 138 valence electrons. The molecule has 2 aromatic rings. The summed E-state index contributed by atoms with van der Waals surface area (Å²) in [5, 5.41) is 2.20. The summed E-state index contributed by atoms with van der Waals surface area (Å²) in [5.74, 6) is -3.19. The maximum absolute atomic E-state index is 13.5. The highest BCUT2D eigenvalue weighted by atomic mass is 19.1. The van der Waals surface area contributed by atoms with Crippen LogP contribution in [0, 0.1) is 17.6 Å². The Morgan fingerprint density at radius 1 is 1.12 bits per heavy atom. The predicted octanol–water partition coefficient (Wildman–Crippen LogP) is 4.28. The summed E-state index contributed by atoms with van der Waals surface area (Å²) in [7, 11) is 0. The van der Waals surface area contributed by atoms with Gasteiger partial charge in [-0.25, -0.2) is 8.78 Å². The summed E-state index contributed by atoms with van der Waals surface area (Å²) in [5.41, 5.74) is 0.510. The van der Waals surface area contributed by atoms with Crippen molar-refractivity contribution in [3.05, 3.63) is 65.7 Å². The normalized spacial score (nSPS) is 12.9. The zero-order chi connectivity index (χ0) is 19.1. The fourth-order valence-electron chi connectivity index (χ4n) is 2.60. The van der Waals surface area contributed by atoms with Crippen LogP contribution in [0.3, 0.4) is 0 Å². The summed E-state index contributed by atoms with van der Waals surface area (Å²) < 4.78 is 31.8. The van der Waals surface area contributed by atoms with Crippen LogP contribution in [0.25, 0.3) is 0 Å². The summed E-state index contributed by atoms with van der Waals surface area (Å²) in [4.78, 5) is 24.4. The second-order valence-electron chi connectivity index (χ2n) is 6.05. The van der Waals surface area contributed by atoms with Gasteiger partial charge in [0.2, 0.25) is 0 Å². The van der Waals surface area contributed by atoms with Gasteiger partial charge in [0.25, 0.3) is 5.91 Å². The molecule has 4 nitrogen and oxygen atoms in total. The molecule has 0 aliphatic heterocycles. The maximum atomic E-state index is 13.5. The Hall–Kier alpha value is -2.76. The molecule has 0 saturated carbocycles. The van der Waals surface area contributed by atoms with E-state index in [0.717, 1.165) is 30.2 Å². The van der Waals surface area contributed by atoms with E-state index in [9.17, 15) is 18.4 Å². The summed E-state index contributed by atoms with van der Waals surface area (Å²) >= 11 is 0. The highest BCUT2D eigenvalue weighted by molar-refractivity contribution is 5.93. The van der Waals surface area contributed by atoms with Gasteiger partial charge in [-0.05, 0) is 23.6 Å². The number of esters is 1. The SMILES string of the molecule is CC[C@H](C)[C@H](C(=O)OCC(=O)Nc1cc(F)ccc1F)c1ccccc1. The second kappa shape index (κ2) is 9.08. The Kier molecular flexibility index (Phi) is 6.83. The molecular weight excluding hydrogens is 340 g/mol. The van der Waals surface area contributed by atoms with Gasteiger partial charge >= 0.3 is 5.97 Å². The van der Waals surface area contributed by atoms with Gasteiger partial charge in [-0.15, -0.1) is 0 Å². The average Bonchev–Trinajstić information content (AvgIpc) is 2.64. The van der Waals surface area contributed by atoms with Crippen molar-refractivity contribution in [3.8, 4) is 0 Å². The third-order valence-corrected chi connectivity index (χ3v) is 4.17. The molecule has 0 fully saturated rings. The smallest absolute Gasteiger partial charge is 0.314 e. The van der Waals surface area contributed by atoms with Gasteiger partial charge in [-0.1, -0.05) is 50.6 Å². The van der Waals surface area contributed by atoms with E-state index in [2.05, 4.69) is 5.32 Å². The quantitative estimate of drug-likeness (QED) is 0.749. The Morgan fingerprint density at radius 3 is 2.46 bits per heavy atom. The molecule has 2 rings (SSSR count). The number of nitrogens with one attached hydrogen (secondary N) is 1. The second-order valence-corrected chi connectivity index (χ2v) is 6.05. The number of rotatable bonds is 7. The van der Waals surface area contributed by atoms with E-state index in [0.29, 0.717) is 0 Å². The first kappa shape index (κ1) is 19.6. The van der Waals surface area contributed by atoms with Crippen LogP contribution in [0.15, 0.2) is 48.5 Å². The van der Waals surface area contributed by atoms with Crippen molar-refractivity contribution in [3.63, 3.8) is 0 Å². The molecule has 0 aromatic heterocycles. The third-order valence-electron chi connectivity index (χ3n) is 4.17. The zero-order valence-corrected chi connectivity index (χ0v) is 14.7. The van der Waals surface area contributed by atoms with Crippen LogP contribution in [0.5, 0.6) is 0 Å². The molecule has 0 bridgehead atoms. The van der Waals surface area contributed by atoms with E-state index < -0.39 is 36.0 Å². The van der Waals surface area contributed by atoms with Crippen LogP contribution in [0.1, 0.15) is 31.7 Å². The lowest BCUT2D eigenvalue weighted by molar-refractivity contribution is -0.150. The van der Waals surface area contributed by atoms with Crippen molar-refractivity contribution < 1.29 is 23.1 Å². The van der Waals surface area contributed by atoms with Crippen LogP contribution >= 0.6 is 0 Å². The largest absolute Gasteiger partial charge is 0.455 e. The number of hydrogen-bond donors (Lipinski definition) is 1. The van der Waals surface area contributed by atoms with Gasteiger partial charge in [0.05, 0.1) is 11.6 Å². The Labute approximate surface area is 151 Å². The minimum atomic E-state index is -0.771. The lowest BCUT2D eigenvalue weighted by Gasteiger charge is -2.21. The number of anilines is 1. The van der Waals surface area contributed by atoms with Gasteiger partial charge in [-0.3, -0.25) is 9.59 Å². The summed E-state index contributed by atoms with van der Waals surface area (Å²) in [6.07, 6.45) is 0.759. The molecule has 0 radical (unpaired) electrons. The predicted molar refractivity (Wildman–Crippen MR) is 94.6 cm³/mol. The minimum Gasteiger partial charge on any atom is -0.455 e. The molecule has 2 aromatic carbocycles. The average molecular weight is 361 g/mol. The van der Waals surface area contributed by atoms with Crippen molar-refractivity contribution in [2.24, 2.45) is 5.92 Å². The van der Waals surface area contributed by atoms with Gasteiger partial charge in [0, 0.05) is 6.07 Å². The number of benzene rings is 2. The zero-order valence-electron chi connectivity index (χ0n) is 14.7. The standard InChI is InChI=1S/C20H21F2NO3/c1-3-13(2)19(14-7-5-4-6-8-14)20(25)26-12-18(24)23-17-11-15(21)9-10-16(17)22/h4-11,13,19H,3,12H2,1-2H3,(H,23,24)/t13-,19-/m0/s1. The molecule has 0 saturated heterocycles. The van der Waals surface area contributed by atoms with Crippen molar-refractivity contribution in [2.45, 2.75) is 26.2 Å². The first-order chi connectivity index (χ1) is 12.4. The van der Waals surface area contributed by atoms with Crippen molar-refractivity contribution in [1.29, 1.82) is 0 Å². The number of carbonyl (C=O) groups excluding carboxylic acids is 2. The molecule has 6 heteroatoms. The number of halogens is 2. The van der Waals surface area contributed by atoms with Gasteiger partial charge in [0.15, 0.2) is 6.61 Å². The molecule has 0 unspecified atom stereocenters. The van der Waals surface area contributed by atoms with Crippen LogP contribution in [0.4, 0.5) is 14.5 Å².